The van der Waals surface area contributed by atoms with Crippen LogP contribution in [0.2, 0.25) is 0 Å². The average molecular weight is 489 g/mol. The van der Waals surface area contributed by atoms with Crippen molar-refractivity contribution in [1.29, 1.82) is 0 Å². The Morgan fingerprint density at radius 3 is 1.87 bits per heavy atom. The fourth-order valence-corrected chi connectivity index (χ4v) is 5.11. The van der Waals surface area contributed by atoms with Crippen molar-refractivity contribution < 1.29 is 0 Å². The third-order valence-electron chi connectivity index (χ3n) is 6.84. The predicted octanol–water partition coefficient (Wildman–Crippen LogP) is 8.71. The van der Waals surface area contributed by atoms with Crippen LogP contribution in [0.5, 0.6) is 0 Å². The van der Waals surface area contributed by atoms with Gasteiger partial charge in [0.05, 0.1) is 22.2 Å². The summed E-state index contributed by atoms with van der Waals surface area (Å²) in [4.78, 5) is 11.9. The van der Waals surface area contributed by atoms with Crippen molar-refractivity contribution in [1.82, 2.24) is 14.5 Å². The van der Waals surface area contributed by atoms with Crippen LogP contribution in [0.1, 0.15) is 0 Å². The molecular formula is C34H24N4. The minimum atomic E-state index is 0.903. The van der Waals surface area contributed by atoms with E-state index >= 15 is 0 Å². The second-order valence-corrected chi connectivity index (χ2v) is 9.16. The number of anilines is 3. The van der Waals surface area contributed by atoms with Crippen LogP contribution in [0.3, 0.4) is 0 Å². The van der Waals surface area contributed by atoms with Gasteiger partial charge in [0, 0.05) is 34.2 Å². The highest BCUT2D eigenvalue weighted by Crippen LogP contribution is 2.36. The van der Waals surface area contributed by atoms with Gasteiger partial charge in [-0.05, 0) is 84.9 Å². The van der Waals surface area contributed by atoms with E-state index < -0.39 is 0 Å². The van der Waals surface area contributed by atoms with E-state index in [-0.39, 0.29) is 0 Å². The minimum absolute atomic E-state index is 0.903. The lowest BCUT2D eigenvalue weighted by Gasteiger charge is -2.25. The summed E-state index contributed by atoms with van der Waals surface area (Å²) in [7, 11) is 0. The van der Waals surface area contributed by atoms with Crippen molar-refractivity contribution in [2.24, 2.45) is 0 Å². The predicted molar refractivity (Wildman–Crippen MR) is 156 cm³/mol. The van der Waals surface area contributed by atoms with E-state index in [9.17, 15) is 0 Å². The molecular weight excluding hydrogens is 464 g/mol. The normalized spacial score (nSPS) is 11.2. The maximum absolute atomic E-state index is 5.09. The van der Waals surface area contributed by atoms with Gasteiger partial charge < -0.3 is 4.90 Å². The van der Waals surface area contributed by atoms with Crippen LogP contribution in [0.25, 0.3) is 39.0 Å². The molecule has 0 aliphatic rings. The Morgan fingerprint density at radius 2 is 1.13 bits per heavy atom. The van der Waals surface area contributed by atoms with Gasteiger partial charge in [0.2, 0.25) is 0 Å². The van der Waals surface area contributed by atoms with E-state index in [1.54, 1.807) is 0 Å². The molecule has 0 bridgehead atoms. The van der Waals surface area contributed by atoms with Crippen LogP contribution in [0.15, 0.2) is 146 Å². The summed E-state index contributed by atoms with van der Waals surface area (Å²) in [6.45, 7) is 0. The van der Waals surface area contributed by atoms with E-state index in [1.807, 2.05) is 36.5 Å². The van der Waals surface area contributed by atoms with Gasteiger partial charge in [0.15, 0.2) is 0 Å². The number of aromatic nitrogens is 3. The number of imidazole rings is 1. The number of rotatable bonds is 5. The van der Waals surface area contributed by atoms with Crippen molar-refractivity contribution in [3.63, 3.8) is 0 Å². The number of hydrogen-bond donors (Lipinski definition) is 0. The molecule has 0 N–H and O–H groups in total. The molecule has 0 aliphatic heterocycles. The number of para-hydroxylation sites is 4. The number of fused-ring (bicyclic) bond motifs is 2. The zero-order valence-corrected chi connectivity index (χ0v) is 20.6. The summed E-state index contributed by atoms with van der Waals surface area (Å²) in [5.74, 6) is 0.903. The van der Waals surface area contributed by atoms with Crippen molar-refractivity contribution in [3.05, 3.63) is 146 Å². The zero-order valence-electron chi connectivity index (χ0n) is 20.6. The number of pyridine rings is 1. The summed E-state index contributed by atoms with van der Waals surface area (Å²) in [5.41, 5.74) is 8.42. The Kier molecular flexibility index (Phi) is 5.41. The van der Waals surface area contributed by atoms with E-state index in [0.29, 0.717) is 0 Å². The van der Waals surface area contributed by atoms with Crippen molar-refractivity contribution in [2.75, 3.05) is 4.90 Å². The first-order chi connectivity index (χ1) is 18.9. The molecule has 0 radical (unpaired) electrons. The highest BCUT2D eigenvalue weighted by Gasteiger charge is 2.17. The quantitative estimate of drug-likeness (QED) is 0.243. The van der Waals surface area contributed by atoms with Gasteiger partial charge in [0.25, 0.3) is 0 Å². The van der Waals surface area contributed by atoms with Crippen LogP contribution >= 0.6 is 0 Å². The Labute approximate surface area is 221 Å². The molecule has 180 valence electrons. The van der Waals surface area contributed by atoms with Gasteiger partial charge in [-0.15, -0.1) is 0 Å². The molecule has 0 aliphatic carbocycles. The van der Waals surface area contributed by atoms with Crippen molar-refractivity contribution in [3.8, 4) is 17.1 Å². The lowest BCUT2D eigenvalue weighted by atomic mass is 10.1. The van der Waals surface area contributed by atoms with E-state index in [0.717, 1.165) is 56.1 Å². The average Bonchev–Trinajstić information content (AvgIpc) is 3.38. The molecule has 0 unspecified atom stereocenters. The lowest BCUT2D eigenvalue weighted by Crippen LogP contribution is -2.09. The first-order valence-corrected chi connectivity index (χ1v) is 12.7. The molecule has 7 rings (SSSR count). The van der Waals surface area contributed by atoms with Crippen LogP contribution in [0.4, 0.5) is 17.1 Å². The fourth-order valence-electron chi connectivity index (χ4n) is 5.11. The Balaban J connectivity index is 1.39. The Morgan fingerprint density at radius 1 is 0.500 bits per heavy atom. The molecule has 5 aromatic carbocycles. The van der Waals surface area contributed by atoms with Crippen LogP contribution in [-0.4, -0.2) is 14.5 Å². The fraction of sp³-hybridized carbons (Fsp3) is 0. The van der Waals surface area contributed by atoms with Gasteiger partial charge in [-0.25, -0.2) is 4.98 Å². The van der Waals surface area contributed by atoms with Gasteiger partial charge >= 0.3 is 0 Å². The minimum Gasteiger partial charge on any atom is -0.311 e. The van der Waals surface area contributed by atoms with Gasteiger partial charge in [-0.3, -0.25) is 9.55 Å². The molecule has 0 saturated heterocycles. The van der Waals surface area contributed by atoms with Crippen LogP contribution < -0.4 is 4.90 Å². The van der Waals surface area contributed by atoms with E-state index in [1.165, 1.54) is 0 Å². The molecule has 4 heteroatoms. The van der Waals surface area contributed by atoms with Gasteiger partial charge in [-0.2, -0.15) is 0 Å². The smallest absolute Gasteiger partial charge is 0.145 e. The van der Waals surface area contributed by atoms with Crippen molar-refractivity contribution in [2.45, 2.75) is 0 Å². The maximum atomic E-state index is 5.09. The number of benzene rings is 5. The standard InChI is InChI=1S/C34H24N4/c1-3-11-26(12-4-1)37(27-13-5-2-6-14-27)28-22-20-25(21-23-28)34-36-31-16-7-8-18-33(31)38(34)32-19-9-17-30-29(32)15-10-24-35-30/h1-24H. The highest BCUT2D eigenvalue weighted by molar-refractivity contribution is 5.92. The summed E-state index contributed by atoms with van der Waals surface area (Å²) in [6, 6.07) is 48.2. The van der Waals surface area contributed by atoms with E-state index in [4.69, 9.17) is 4.98 Å². The summed E-state index contributed by atoms with van der Waals surface area (Å²) < 4.78 is 2.25. The molecule has 0 saturated carbocycles. The molecule has 0 fully saturated rings. The van der Waals surface area contributed by atoms with Crippen molar-refractivity contribution >= 4 is 39.0 Å². The Hall–Kier alpha value is -5.22. The first-order valence-electron chi connectivity index (χ1n) is 12.7. The summed E-state index contributed by atoms with van der Waals surface area (Å²) in [5, 5.41) is 1.09. The molecule has 7 aromatic rings. The monoisotopic (exact) mass is 488 g/mol. The third-order valence-corrected chi connectivity index (χ3v) is 6.84. The zero-order chi connectivity index (χ0) is 25.3. The van der Waals surface area contributed by atoms with E-state index in [2.05, 4.69) is 124 Å². The topological polar surface area (TPSA) is 34.0 Å². The molecule has 2 heterocycles. The van der Waals surface area contributed by atoms with Gasteiger partial charge in [0.1, 0.15) is 5.82 Å². The molecule has 0 amide bonds. The molecule has 4 nitrogen and oxygen atoms in total. The SMILES string of the molecule is c1ccc(N(c2ccccc2)c2ccc(-c3nc4ccccc4n3-c3cccc4ncccc34)cc2)cc1. The second-order valence-electron chi connectivity index (χ2n) is 9.16. The van der Waals surface area contributed by atoms with Gasteiger partial charge in [-0.1, -0.05) is 54.6 Å². The first kappa shape index (κ1) is 22.0. The summed E-state index contributed by atoms with van der Waals surface area (Å²) in [6.07, 6.45) is 1.84. The molecule has 2 aromatic heterocycles. The molecule has 0 atom stereocenters. The van der Waals surface area contributed by atoms with Crippen LogP contribution in [0, 0.1) is 0 Å². The highest BCUT2D eigenvalue weighted by atomic mass is 15.1. The maximum Gasteiger partial charge on any atom is 0.145 e. The number of hydrogen-bond acceptors (Lipinski definition) is 3. The largest absolute Gasteiger partial charge is 0.311 e. The number of nitrogens with zero attached hydrogens (tertiary/aromatic N) is 4. The third kappa shape index (κ3) is 3.80. The molecule has 0 spiro atoms. The summed E-state index contributed by atoms with van der Waals surface area (Å²) >= 11 is 0. The lowest BCUT2D eigenvalue weighted by molar-refractivity contribution is 1.11. The second kappa shape index (κ2) is 9.34. The molecule has 38 heavy (non-hydrogen) atoms. The Bertz CT molecular complexity index is 1810. The van der Waals surface area contributed by atoms with Crippen LogP contribution in [-0.2, 0) is 0 Å².